The van der Waals surface area contributed by atoms with Crippen molar-refractivity contribution in [3.63, 3.8) is 0 Å². The molecule has 4 aromatic rings. The molecule has 0 bridgehead atoms. The molecule has 8 nitrogen and oxygen atoms in total. The van der Waals surface area contributed by atoms with Gasteiger partial charge in [-0.3, -0.25) is 4.79 Å². The van der Waals surface area contributed by atoms with E-state index in [1.807, 2.05) is 55.5 Å². The SMILES string of the molecule is Cc1ccc2c(NC(=O)CC3CCC(C)C3)cccc2c1Oc1ncccc1-c1ccnc(N[C@H]2CCCNC2)n1. The Labute approximate surface area is 241 Å². The zero-order valence-electron chi connectivity index (χ0n) is 23.8. The molecule has 41 heavy (non-hydrogen) atoms. The van der Waals surface area contributed by atoms with Crippen LogP contribution in [0.5, 0.6) is 11.6 Å². The van der Waals surface area contributed by atoms with Crippen molar-refractivity contribution < 1.29 is 9.53 Å². The summed E-state index contributed by atoms with van der Waals surface area (Å²) in [4.78, 5) is 26.8. The zero-order chi connectivity index (χ0) is 28.2. The maximum absolute atomic E-state index is 12.9. The summed E-state index contributed by atoms with van der Waals surface area (Å²) >= 11 is 0. The predicted molar refractivity (Wildman–Crippen MR) is 163 cm³/mol. The predicted octanol–water partition coefficient (Wildman–Crippen LogP) is 6.72. The number of rotatable bonds is 8. The molecule has 2 aliphatic rings. The Morgan fingerprint density at radius 1 is 1.02 bits per heavy atom. The van der Waals surface area contributed by atoms with Gasteiger partial charge in [-0.05, 0) is 80.8 Å². The van der Waals surface area contributed by atoms with Crippen LogP contribution in [0.25, 0.3) is 22.0 Å². The molecule has 1 amide bonds. The van der Waals surface area contributed by atoms with Crippen LogP contribution in [-0.2, 0) is 4.79 Å². The van der Waals surface area contributed by atoms with Crippen molar-refractivity contribution in [2.45, 2.75) is 58.4 Å². The average molecular weight is 551 g/mol. The monoisotopic (exact) mass is 550 g/mol. The summed E-state index contributed by atoms with van der Waals surface area (Å²) in [6.07, 6.45) is 9.76. The van der Waals surface area contributed by atoms with Crippen LogP contribution in [0.1, 0.15) is 51.0 Å². The van der Waals surface area contributed by atoms with Gasteiger partial charge in [0.25, 0.3) is 0 Å². The van der Waals surface area contributed by atoms with E-state index >= 15 is 0 Å². The topological polar surface area (TPSA) is 101 Å². The number of carbonyl (C=O) groups is 1. The van der Waals surface area contributed by atoms with E-state index in [-0.39, 0.29) is 5.91 Å². The number of piperidine rings is 1. The molecular weight excluding hydrogens is 512 g/mol. The maximum Gasteiger partial charge on any atom is 0.228 e. The number of anilines is 2. The highest BCUT2D eigenvalue weighted by Crippen LogP contribution is 2.39. The zero-order valence-corrected chi connectivity index (χ0v) is 23.8. The molecule has 1 aliphatic heterocycles. The normalized spacial score (nSPS) is 20.6. The van der Waals surface area contributed by atoms with Gasteiger partial charge in [0.05, 0.1) is 11.3 Å². The molecule has 3 heterocycles. The molecule has 0 radical (unpaired) electrons. The fourth-order valence-corrected chi connectivity index (χ4v) is 6.16. The Balaban J connectivity index is 1.26. The second kappa shape index (κ2) is 12.2. The van der Waals surface area contributed by atoms with E-state index in [1.165, 1.54) is 6.42 Å². The maximum atomic E-state index is 12.9. The molecule has 3 N–H and O–H groups in total. The van der Waals surface area contributed by atoms with Gasteiger partial charge in [-0.1, -0.05) is 37.6 Å². The average Bonchev–Trinajstić information content (AvgIpc) is 3.39. The van der Waals surface area contributed by atoms with Crippen LogP contribution in [0, 0.1) is 18.8 Å². The highest BCUT2D eigenvalue weighted by Gasteiger charge is 2.24. The molecule has 0 spiro atoms. The van der Waals surface area contributed by atoms with E-state index in [0.717, 1.165) is 72.1 Å². The number of nitrogens with zero attached hydrogens (tertiary/aromatic N) is 3. The van der Waals surface area contributed by atoms with E-state index in [4.69, 9.17) is 9.72 Å². The van der Waals surface area contributed by atoms with Crippen LogP contribution in [-0.4, -0.2) is 40.0 Å². The molecule has 2 unspecified atom stereocenters. The van der Waals surface area contributed by atoms with Crippen molar-refractivity contribution in [3.8, 4) is 22.9 Å². The lowest BCUT2D eigenvalue weighted by Gasteiger charge is -2.23. The van der Waals surface area contributed by atoms with Gasteiger partial charge in [0, 0.05) is 47.9 Å². The van der Waals surface area contributed by atoms with Gasteiger partial charge >= 0.3 is 0 Å². The first-order valence-electron chi connectivity index (χ1n) is 14.8. The molecule has 2 fully saturated rings. The smallest absolute Gasteiger partial charge is 0.228 e. The van der Waals surface area contributed by atoms with Gasteiger partial charge in [-0.25, -0.2) is 15.0 Å². The first kappa shape index (κ1) is 27.1. The molecule has 2 aromatic heterocycles. The van der Waals surface area contributed by atoms with Crippen molar-refractivity contribution in [1.82, 2.24) is 20.3 Å². The molecule has 6 rings (SSSR count). The van der Waals surface area contributed by atoms with E-state index in [1.54, 1.807) is 12.4 Å². The third-order valence-corrected chi connectivity index (χ3v) is 8.29. The van der Waals surface area contributed by atoms with Crippen molar-refractivity contribution in [2.24, 2.45) is 11.8 Å². The Morgan fingerprint density at radius 3 is 2.78 bits per heavy atom. The van der Waals surface area contributed by atoms with Crippen LogP contribution < -0.4 is 20.7 Å². The summed E-state index contributed by atoms with van der Waals surface area (Å²) in [6.45, 7) is 6.25. The summed E-state index contributed by atoms with van der Waals surface area (Å²) < 4.78 is 6.56. The number of aryl methyl sites for hydroxylation is 1. The molecule has 8 heteroatoms. The van der Waals surface area contributed by atoms with Crippen LogP contribution in [0.3, 0.4) is 0 Å². The number of hydrogen-bond acceptors (Lipinski definition) is 7. The van der Waals surface area contributed by atoms with Crippen LogP contribution in [0.4, 0.5) is 11.6 Å². The number of amides is 1. The van der Waals surface area contributed by atoms with Gasteiger partial charge in [0.2, 0.25) is 17.7 Å². The minimum Gasteiger partial charge on any atom is -0.437 e. The summed E-state index contributed by atoms with van der Waals surface area (Å²) in [5.41, 5.74) is 3.30. The van der Waals surface area contributed by atoms with Gasteiger partial charge < -0.3 is 20.7 Å². The van der Waals surface area contributed by atoms with Gasteiger partial charge in [-0.2, -0.15) is 0 Å². The lowest BCUT2D eigenvalue weighted by Crippen LogP contribution is -2.38. The fraction of sp³-hybridized carbons (Fsp3) is 0.394. The number of ether oxygens (including phenoxy) is 1. The van der Waals surface area contributed by atoms with E-state index in [0.29, 0.717) is 41.9 Å². The number of hydrogen-bond donors (Lipinski definition) is 3. The molecule has 1 aliphatic carbocycles. The Hall–Kier alpha value is -4.04. The molecule has 3 atom stereocenters. The number of nitrogens with one attached hydrogen (secondary N) is 3. The van der Waals surface area contributed by atoms with Gasteiger partial charge in [0.1, 0.15) is 5.75 Å². The van der Waals surface area contributed by atoms with Crippen molar-refractivity contribution in [3.05, 3.63) is 66.5 Å². The van der Waals surface area contributed by atoms with Crippen LogP contribution in [0.15, 0.2) is 60.9 Å². The summed E-state index contributed by atoms with van der Waals surface area (Å²) in [6, 6.07) is 16.1. The van der Waals surface area contributed by atoms with Crippen LogP contribution >= 0.6 is 0 Å². The standard InChI is InChI=1S/C33H38N6O2/c1-21-10-12-23(18-21)19-30(40)38-28-9-3-7-26-25(28)13-11-22(2)31(26)41-32-27(8-5-16-35-32)29-14-17-36-33(39-29)37-24-6-4-15-34-20-24/h3,5,7-9,11,13-14,16-17,21,23-24,34H,4,6,10,12,15,18-20H2,1-2H3,(H,38,40)(H,36,37,39)/t21?,23?,24-/m0/s1. The Morgan fingerprint density at radius 2 is 1.95 bits per heavy atom. The number of carbonyl (C=O) groups excluding carboxylic acids is 1. The second-order valence-electron chi connectivity index (χ2n) is 11.6. The minimum absolute atomic E-state index is 0.0730. The van der Waals surface area contributed by atoms with Crippen molar-refractivity contribution >= 4 is 28.3 Å². The highest BCUT2D eigenvalue weighted by atomic mass is 16.5. The third-order valence-electron chi connectivity index (χ3n) is 8.29. The first-order chi connectivity index (χ1) is 20.0. The summed E-state index contributed by atoms with van der Waals surface area (Å²) in [5.74, 6) is 3.04. The molecule has 1 saturated heterocycles. The lowest BCUT2D eigenvalue weighted by atomic mass is 10.0. The van der Waals surface area contributed by atoms with Crippen LogP contribution in [0.2, 0.25) is 0 Å². The minimum atomic E-state index is 0.0730. The molecular formula is C33H38N6O2. The summed E-state index contributed by atoms with van der Waals surface area (Å²) in [5, 5.41) is 11.9. The Kier molecular flexibility index (Phi) is 8.09. The second-order valence-corrected chi connectivity index (χ2v) is 11.6. The highest BCUT2D eigenvalue weighted by molar-refractivity contribution is 6.04. The van der Waals surface area contributed by atoms with Crippen molar-refractivity contribution in [1.29, 1.82) is 0 Å². The fourth-order valence-electron chi connectivity index (χ4n) is 6.16. The van der Waals surface area contributed by atoms with E-state index in [2.05, 4.69) is 32.8 Å². The van der Waals surface area contributed by atoms with E-state index < -0.39 is 0 Å². The largest absolute Gasteiger partial charge is 0.437 e. The lowest BCUT2D eigenvalue weighted by molar-refractivity contribution is -0.117. The first-order valence-corrected chi connectivity index (χ1v) is 14.8. The van der Waals surface area contributed by atoms with Gasteiger partial charge in [0.15, 0.2) is 0 Å². The molecule has 2 aromatic carbocycles. The molecule has 212 valence electrons. The third kappa shape index (κ3) is 6.33. The number of pyridine rings is 1. The quantitative estimate of drug-likeness (QED) is 0.224. The van der Waals surface area contributed by atoms with E-state index in [9.17, 15) is 4.79 Å². The Bertz CT molecular complexity index is 1530. The molecule has 1 saturated carbocycles. The number of aromatic nitrogens is 3. The van der Waals surface area contributed by atoms with Crippen molar-refractivity contribution in [2.75, 3.05) is 23.7 Å². The van der Waals surface area contributed by atoms with Gasteiger partial charge in [-0.15, -0.1) is 0 Å². The number of benzene rings is 2. The summed E-state index contributed by atoms with van der Waals surface area (Å²) in [7, 11) is 0. The number of fused-ring (bicyclic) bond motifs is 1.